The van der Waals surface area contributed by atoms with Crippen LogP contribution in [0.5, 0.6) is 0 Å². The molecule has 1 amide bonds. The van der Waals surface area contributed by atoms with Gasteiger partial charge in [0.15, 0.2) is 5.13 Å². The van der Waals surface area contributed by atoms with Crippen LogP contribution in [0.25, 0.3) is 22.2 Å². The Morgan fingerprint density at radius 2 is 2.12 bits per heavy atom. The maximum Gasteiger partial charge on any atom is 0.260 e. The molecule has 0 unspecified atom stereocenters. The van der Waals surface area contributed by atoms with E-state index in [0.29, 0.717) is 10.7 Å². The van der Waals surface area contributed by atoms with Crippen LogP contribution in [-0.2, 0) is 12.8 Å². The summed E-state index contributed by atoms with van der Waals surface area (Å²) in [5.41, 5.74) is 3.44. The molecule has 0 saturated heterocycles. The van der Waals surface area contributed by atoms with E-state index in [9.17, 15) is 4.79 Å². The quantitative estimate of drug-likeness (QED) is 0.533. The number of furan rings is 1. The number of benzene rings is 1. The highest BCUT2D eigenvalue weighted by Gasteiger charge is 2.26. The zero-order valence-electron chi connectivity index (χ0n) is 14.1. The number of nitrogens with zero attached hydrogens (tertiary/aromatic N) is 3. The fraction of sp³-hybridized carbons (Fsp3) is 0.150. The second kappa shape index (κ2) is 5.78. The Morgan fingerprint density at radius 3 is 3.04 bits per heavy atom. The molecule has 5 rings (SSSR count). The van der Waals surface area contributed by atoms with E-state index in [4.69, 9.17) is 9.40 Å². The number of amides is 1. The standard InChI is InChI=1S/C20H15N3O2S/c1-23(19(24)13-4-2-6-15-12(13)5-3-10-21-15)20-22-18-14-9-11-25-16(14)7-8-17(18)26-20/h2-6,9-11H,7-8H2,1H3. The largest absolute Gasteiger partial charge is 0.469 e. The van der Waals surface area contributed by atoms with Gasteiger partial charge in [0.2, 0.25) is 0 Å². The van der Waals surface area contributed by atoms with E-state index in [1.54, 1.807) is 35.7 Å². The lowest BCUT2D eigenvalue weighted by molar-refractivity contribution is 0.0994. The lowest BCUT2D eigenvalue weighted by atomic mass is 10.0. The number of thiazole rings is 1. The molecular formula is C20H15N3O2S. The van der Waals surface area contributed by atoms with Gasteiger partial charge in [-0.2, -0.15) is 0 Å². The number of carbonyl (C=O) groups excluding carboxylic acids is 1. The van der Waals surface area contributed by atoms with Crippen molar-refractivity contribution >= 4 is 33.3 Å². The highest BCUT2D eigenvalue weighted by Crippen LogP contribution is 2.39. The van der Waals surface area contributed by atoms with E-state index >= 15 is 0 Å². The van der Waals surface area contributed by atoms with Crippen LogP contribution in [0.4, 0.5) is 5.13 Å². The lowest BCUT2D eigenvalue weighted by Crippen LogP contribution is -2.26. The first kappa shape index (κ1) is 15.3. The molecule has 0 bridgehead atoms. The average molecular weight is 361 g/mol. The Morgan fingerprint density at radius 1 is 1.19 bits per heavy atom. The van der Waals surface area contributed by atoms with Gasteiger partial charge >= 0.3 is 0 Å². The highest BCUT2D eigenvalue weighted by molar-refractivity contribution is 7.16. The van der Waals surface area contributed by atoms with Crippen LogP contribution in [0.3, 0.4) is 0 Å². The Hall–Kier alpha value is -2.99. The number of aromatic nitrogens is 2. The molecule has 128 valence electrons. The van der Waals surface area contributed by atoms with Gasteiger partial charge in [0.25, 0.3) is 5.91 Å². The molecule has 0 N–H and O–H groups in total. The van der Waals surface area contributed by atoms with Crippen molar-refractivity contribution < 1.29 is 9.21 Å². The molecule has 4 aromatic rings. The summed E-state index contributed by atoms with van der Waals surface area (Å²) in [6, 6.07) is 11.3. The van der Waals surface area contributed by atoms with Gasteiger partial charge in [0, 0.05) is 41.1 Å². The topological polar surface area (TPSA) is 59.2 Å². The molecule has 5 nitrogen and oxygen atoms in total. The highest BCUT2D eigenvalue weighted by atomic mass is 32.1. The molecular weight excluding hydrogens is 346 g/mol. The molecule has 3 heterocycles. The summed E-state index contributed by atoms with van der Waals surface area (Å²) in [7, 11) is 1.78. The third-order valence-electron chi connectivity index (χ3n) is 4.73. The number of hydrogen-bond acceptors (Lipinski definition) is 5. The Balaban J connectivity index is 1.55. The van der Waals surface area contributed by atoms with E-state index in [2.05, 4.69) is 4.98 Å². The van der Waals surface area contributed by atoms with Crippen LogP contribution in [0.15, 0.2) is 53.3 Å². The molecule has 1 aromatic carbocycles. The zero-order chi connectivity index (χ0) is 17.7. The van der Waals surface area contributed by atoms with Gasteiger partial charge in [-0.05, 0) is 30.7 Å². The van der Waals surface area contributed by atoms with Crippen LogP contribution in [0, 0.1) is 0 Å². The summed E-state index contributed by atoms with van der Waals surface area (Å²) < 4.78 is 5.52. The van der Waals surface area contributed by atoms with Crippen molar-refractivity contribution in [2.75, 3.05) is 11.9 Å². The monoisotopic (exact) mass is 361 g/mol. The molecule has 0 aliphatic heterocycles. The smallest absolute Gasteiger partial charge is 0.260 e. The van der Waals surface area contributed by atoms with Crippen molar-refractivity contribution in [1.29, 1.82) is 0 Å². The number of aryl methyl sites for hydroxylation is 2. The molecule has 6 heteroatoms. The third-order valence-corrected chi connectivity index (χ3v) is 5.92. The van der Waals surface area contributed by atoms with Crippen LogP contribution in [0.2, 0.25) is 0 Å². The summed E-state index contributed by atoms with van der Waals surface area (Å²) in [4.78, 5) is 25.0. The molecule has 3 aromatic heterocycles. The summed E-state index contributed by atoms with van der Waals surface area (Å²) in [6.45, 7) is 0. The summed E-state index contributed by atoms with van der Waals surface area (Å²) in [6.07, 6.45) is 5.21. The number of fused-ring (bicyclic) bond motifs is 4. The predicted molar refractivity (Wildman–Crippen MR) is 102 cm³/mol. The van der Waals surface area contributed by atoms with Gasteiger partial charge in [-0.25, -0.2) is 4.98 Å². The summed E-state index contributed by atoms with van der Waals surface area (Å²) >= 11 is 1.58. The number of pyridine rings is 1. The van der Waals surface area contributed by atoms with Crippen molar-refractivity contribution in [1.82, 2.24) is 9.97 Å². The molecule has 26 heavy (non-hydrogen) atoms. The van der Waals surface area contributed by atoms with Crippen molar-refractivity contribution in [2.24, 2.45) is 0 Å². The maximum absolute atomic E-state index is 13.1. The van der Waals surface area contributed by atoms with Crippen molar-refractivity contribution in [3.8, 4) is 11.3 Å². The van der Waals surface area contributed by atoms with Crippen molar-refractivity contribution in [3.05, 3.63) is 65.1 Å². The molecule has 1 aliphatic rings. The summed E-state index contributed by atoms with van der Waals surface area (Å²) in [5.74, 6) is 0.894. The predicted octanol–water partition coefficient (Wildman–Crippen LogP) is 4.33. The van der Waals surface area contributed by atoms with E-state index in [1.165, 1.54) is 4.88 Å². The normalized spacial score (nSPS) is 12.7. The average Bonchev–Trinajstić information content (AvgIpc) is 3.32. The second-order valence-electron chi connectivity index (χ2n) is 6.27. The van der Waals surface area contributed by atoms with Crippen molar-refractivity contribution in [3.63, 3.8) is 0 Å². The first-order valence-electron chi connectivity index (χ1n) is 8.40. The van der Waals surface area contributed by atoms with Crippen molar-refractivity contribution in [2.45, 2.75) is 12.8 Å². The zero-order valence-corrected chi connectivity index (χ0v) is 14.9. The molecule has 0 saturated carbocycles. The number of carbonyl (C=O) groups is 1. The van der Waals surface area contributed by atoms with Gasteiger partial charge in [-0.3, -0.25) is 14.7 Å². The summed E-state index contributed by atoms with van der Waals surface area (Å²) in [5, 5.41) is 1.56. The molecule has 0 spiro atoms. The fourth-order valence-corrected chi connectivity index (χ4v) is 4.43. The minimum Gasteiger partial charge on any atom is -0.469 e. The van der Waals surface area contributed by atoms with Gasteiger partial charge in [-0.1, -0.05) is 12.1 Å². The van der Waals surface area contributed by atoms with E-state index in [0.717, 1.165) is 40.8 Å². The lowest BCUT2D eigenvalue weighted by Gasteiger charge is -2.15. The molecule has 0 radical (unpaired) electrons. The number of anilines is 1. The van der Waals surface area contributed by atoms with Gasteiger partial charge in [0.05, 0.1) is 17.5 Å². The molecule has 1 aliphatic carbocycles. The van der Waals surface area contributed by atoms with Gasteiger partial charge in [-0.15, -0.1) is 11.3 Å². The van der Waals surface area contributed by atoms with E-state index < -0.39 is 0 Å². The first-order valence-corrected chi connectivity index (χ1v) is 9.22. The second-order valence-corrected chi connectivity index (χ2v) is 7.33. The van der Waals surface area contributed by atoms with E-state index in [-0.39, 0.29) is 5.91 Å². The van der Waals surface area contributed by atoms with Gasteiger partial charge < -0.3 is 4.42 Å². The maximum atomic E-state index is 13.1. The third kappa shape index (κ3) is 2.26. The Bertz CT molecular complexity index is 1140. The fourth-order valence-electron chi connectivity index (χ4n) is 3.39. The number of rotatable bonds is 2. The minimum atomic E-state index is -0.0814. The molecule has 0 fully saturated rings. The Labute approximate surface area is 153 Å². The van der Waals surface area contributed by atoms with Crippen LogP contribution < -0.4 is 4.90 Å². The van der Waals surface area contributed by atoms with Crippen LogP contribution >= 0.6 is 11.3 Å². The van der Waals surface area contributed by atoms with Crippen LogP contribution in [0.1, 0.15) is 21.0 Å². The van der Waals surface area contributed by atoms with Gasteiger partial charge in [0.1, 0.15) is 5.76 Å². The first-order chi connectivity index (χ1) is 12.7. The van der Waals surface area contributed by atoms with E-state index in [1.807, 2.05) is 36.4 Å². The SMILES string of the molecule is CN(C(=O)c1cccc2ncccc12)c1nc2c(s1)CCc1occc1-2. The van der Waals surface area contributed by atoms with Crippen LogP contribution in [-0.4, -0.2) is 22.9 Å². The Kier molecular flexibility index (Phi) is 3.39. The minimum absolute atomic E-state index is 0.0814. The molecule has 0 atom stereocenters. The number of hydrogen-bond donors (Lipinski definition) is 0.